The van der Waals surface area contributed by atoms with E-state index in [1.807, 2.05) is 48.5 Å². The molecule has 0 aromatic rings. The summed E-state index contributed by atoms with van der Waals surface area (Å²) in [7, 11) is 0. The zero-order valence-electron chi connectivity index (χ0n) is 12.9. The van der Waals surface area contributed by atoms with E-state index in [0.717, 1.165) is 0 Å². The van der Waals surface area contributed by atoms with E-state index in [4.69, 9.17) is 12.2 Å². The summed E-state index contributed by atoms with van der Waals surface area (Å²) in [6, 6.07) is 0. The first kappa shape index (κ1) is 9.00. The van der Waals surface area contributed by atoms with E-state index < -0.39 is 28.6 Å². The lowest BCUT2D eigenvalue weighted by Gasteiger charge is -2.45. The lowest BCUT2D eigenvalue weighted by Crippen LogP contribution is -2.54. The van der Waals surface area contributed by atoms with Gasteiger partial charge in [0.05, 0.1) is 17.3 Å². The van der Waals surface area contributed by atoms with Crippen LogP contribution in [0.5, 0.6) is 0 Å². The summed E-state index contributed by atoms with van der Waals surface area (Å²) >= 11 is 0. The largest absolute Gasteiger partial charge is 0.366 e. The molecule has 2 heteroatoms. The molecular weight excluding hydrogens is 188 g/mol. The van der Waals surface area contributed by atoms with Crippen LogP contribution in [0.2, 0.25) is 0 Å². The monoisotopic (exact) mass is 216 g/mol. The van der Waals surface area contributed by atoms with Gasteiger partial charge in [0.1, 0.15) is 5.60 Å². The fourth-order valence-electron chi connectivity index (χ4n) is 3.32. The van der Waals surface area contributed by atoms with Gasteiger partial charge in [0.25, 0.3) is 0 Å². The molecule has 0 aromatic carbocycles. The minimum Gasteiger partial charge on any atom is -0.366 e. The lowest BCUT2D eigenvalue weighted by atomic mass is 9.72. The molecule has 2 saturated heterocycles. The van der Waals surface area contributed by atoms with E-state index in [1.54, 1.807) is 0 Å². The molecule has 0 aliphatic carbocycles. The molecular formula is C13H24O2. The molecule has 2 aliphatic rings. The fourth-order valence-corrected chi connectivity index (χ4v) is 3.32. The Morgan fingerprint density at radius 3 is 2.07 bits per heavy atom. The zero-order chi connectivity index (χ0) is 13.5. The van der Waals surface area contributed by atoms with E-state index in [-0.39, 0.29) is 6.10 Å². The first-order valence-electron chi connectivity index (χ1n) is 6.71. The summed E-state index contributed by atoms with van der Waals surface area (Å²) in [5.41, 5.74) is -2.12. The maximum atomic E-state index is 8.78. The fraction of sp³-hybridized carbons (Fsp3) is 1.00. The van der Waals surface area contributed by atoms with Crippen molar-refractivity contribution in [2.24, 2.45) is 11.8 Å². The van der Waals surface area contributed by atoms with Crippen molar-refractivity contribution >= 4 is 0 Å². The van der Waals surface area contributed by atoms with Gasteiger partial charge in [-0.2, -0.15) is 0 Å². The highest BCUT2D eigenvalue weighted by Crippen LogP contribution is 2.61. The number of hydrogen-bond acceptors (Lipinski definition) is 2. The van der Waals surface area contributed by atoms with Crippen molar-refractivity contribution in [2.45, 2.75) is 71.4 Å². The van der Waals surface area contributed by atoms with E-state index >= 15 is 0 Å². The number of fused-ring (bicyclic) bond motifs is 2. The summed E-state index contributed by atoms with van der Waals surface area (Å²) in [5, 5.41) is 0. The third kappa shape index (κ3) is 1.03. The van der Waals surface area contributed by atoms with Crippen LogP contribution in [0.15, 0.2) is 0 Å². The molecule has 2 fully saturated rings. The van der Waals surface area contributed by atoms with Crippen LogP contribution in [0.4, 0.5) is 0 Å². The van der Waals surface area contributed by atoms with E-state index in [2.05, 4.69) is 0 Å². The Hall–Kier alpha value is -0.0800. The quantitative estimate of drug-likeness (QED) is 0.671. The molecule has 2 heterocycles. The second-order valence-electron chi connectivity index (χ2n) is 5.77. The van der Waals surface area contributed by atoms with Crippen molar-refractivity contribution in [3.05, 3.63) is 0 Å². The second-order valence-corrected chi connectivity index (χ2v) is 5.77. The van der Waals surface area contributed by atoms with Crippen LogP contribution in [0, 0.1) is 11.8 Å². The van der Waals surface area contributed by atoms with Gasteiger partial charge >= 0.3 is 0 Å². The molecule has 2 rings (SSSR count). The van der Waals surface area contributed by atoms with Crippen LogP contribution in [0.1, 0.15) is 51.2 Å². The summed E-state index contributed by atoms with van der Waals surface area (Å²) in [6.45, 7) is 13.2. The van der Waals surface area contributed by atoms with Crippen molar-refractivity contribution in [2.75, 3.05) is 0 Å². The van der Waals surface area contributed by atoms with E-state index in [1.165, 1.54) is 0 Å². The Morgan fingerprint density at radius 1 is 1.27 bits per heavy atom. The molecule has 0 radical (unpaired) electrons. The summed E-state index contributed by atoms with van der Waals surface area (Å²) < 4.78 is 29.5. The maximum absolute atomic E-state index is 8.78. The summed E-state index contributed by atoms with van der Waals surface area (Å²) in [5.74, 6) is -1.82. The predicted molar refractivity (Wildman–Crippen MR) is 60.8 cm³/mol. The molecule has 0 saturated carbocycles. The van der Waals surface area contributed by atoms with Crippen molar-refractivity contribution in [1.82, 2.24) is 0 Å². The molecule has 0 amide bonds. The highest BCUT2D eigenvalue weighted by Gasteiger charge is 2.73. The Morgan fingerprint density at radius 2 is 1.80 bits per heavy atom. The first-order valence-corrected chi connectivity index (χ1v) is 5.71. The van der Waals surface area contributed by atoms with Gasteiger partial charge in [-0.05, 0) is 33.6 Å². The highest BCUT2D eigenvalue weighted by molar-refractivity contribution is 5.20. The number of rotatable bonds is 1. The molecule has 15 heavy (non-hydrogen) atoms. The lowest BCUT2D eigenvalue weighted by molar-refractivity contribution is -0.257. The molecule has 2 bridgehead atoms. The Kier molecular flexibility index (Phi) is 1.67. The van der Waals surface area contributed by atoms with E-state index in [9.17, 15) is 0 Å². The van der Waals surface area contributed by atoms with Gasteiger partial charge < -0.3 is 9.47 Å². The van der Waals surface area contributed by atoms with Crippen molar-refractivity contribution in [3.63, 3.8) is 0 Å². The maximum Gasteiger partial charge on any atom is 0.103 e. The molecule has 0 spiro atoms. The molecule has 0 N–H and O–H groups in total. The summed E-state index contributed by atoms with van der Waals surface area (Å²) in [4.78, 5) is 0. The molecule has 88 valence electrons. The molecule has 1 unspecified atom stereocenters. The predicted octanol–water partition coefficient (Wildman–Crippen LogP) is 3.00. The summed E-state index contributed by atoms with van der Waals surface area (Å²) in [6.07, 6.45) is -0.240. The van der Waals surface area contributed by atoms with Gasteiger partial charge in [0.15, 0.2) is 0 Å². The average Bonchev–Trinajstić information content (AvgIpc) is 2.29. The standard InChI is InChI=1S/C13H24O2/c1-8(2)13-9(3)12(7,14-10(13)4)11(5,6)15-13/h8-10H,1-7H3/t9-,10?,12-,13-/m0/s1/i8T,9T. The highest BCUT2D eigenvalue weighted by atomic mass is 16.6. The van der Waals surface area contributed by atoms with Crippen LogP contribution < -0.4 is 0 Å². The van der Waals surface area contributed by atoms with Gasteiger partial charge in [-0.15, -0.1) is 0 Å². The van der Waals surface area contributed by atoms with Crippen LogP contribution in [0.3, 0.4) is 0 Å². The smallest absolute Gasteiger partial charge is 0.103 e. The first-order chi connectivity index (χ1) is 7.33. The van der Waals surface area contributed by atoms with E-state index in [0.29, 0.717) is 0 Å². The minimum absolute atomic E-state index is 0.240. The van der Waals surface area contributed by atoms with Crippen LogP contribution in [-0.2, 0) is 9.47 Å². The van der Waals surface area contributed by atoms with Gasteiger partial charge in [0.2, 0.25) is 0 Å². The number of hydrogen-bond donors (Lipinski definition) is 0. The molecule has 4 atom stereocenters. The Labute approximate surface area is 96.1 Å². The minimum atomic E-state index is -0.936. The normalized spacial score (nSPS) is 60.3. The van der Waals surface area contributed by atoms with Gasteiger partial charge in [-0.25, -0.2) is 0 Å². The zero-order valence-corrected chi connectivity index (χ0v) is 10.9. The average molecular weight is 216 g/mol. The van der Waals surface area contributed by atoms with Gasteiger partial charge in [-0.3, -0.25) is 0 Å². The number of ether oxygens (including phenoxy) is 2. The van der Waals surface area contributed by atoms with Crippen molar-refractivity contribution in [1.29, 1.82) is 0 Å². The Balaban J connectivity index is 2.69. The van der Waals surface area contributed by atoms with Crippen LogP contribution in [0.25, 0.3) is 0 Å². The third-order valence-electron chi connectivity index (χ3n) is 4.57. The van der Waals surface area contributed by atoms with Crippen molar-refractivity contribution in [3.8, 4) is 0 Å². The topological polar surface area (TPSA) is 18.5 Å². The van der Waals surface area contributed by atoms with Gasteiger partial charge in [-0.1, -0.05) is 20.8 Å². The SMILES string of the molecule is [3H]C(C)(C)[C@@]12OC(C)(C)[C@@](C)(OC1C)[C@]2([3H])C. The van der Waals surface area contributed by atoms with Crippen LogP contribution in [-0.4, -0.2) is 22.9 Å². The second kappa shape index (κ2) is 2.78. The molecule has 2 aliphatic heterocycles. The molecule has 2 nitrogen and oxygen atoms in total. The van der Waals surface area contributed by atoms with Crippen LogP contribution >= 0.6 is 0 Å². The molecule has 0 aromatic heterocycles. The van der Waals surface area contributed by atoms with Crippen molar-refractivity contribution < 1.29 is 12.2 Å². The van der Waals surface area contributed by atoms with Gasteiger partial charge in [0, 0.05) is 8.64 Å². The Bertz CT molecular complexity index is 359. The third-order valence-corrected chi connectivity index (χ3v) is 4.57.